The molecule has 0 aliphatic heterocycles. The Balaban J connectivity index is 2.52. The van der Waals surface area contributed by atoms with Crippen LogP contribution in [0.1, 0.15) is 33.1 Å². The Kier molecular flexibility index (Phi) is 3.14. The van der Waals surface area contributed by atoms with Gasteiger partial charge >= 0.3 is 0 Å². The molecular weight excluding hydrogens is 172 g/mol. The molecule has 1 fully saturated rings. The fraction of sp³-hybridized carbons (Fsp3) is 0.667. The van der Waals surface area contributed by atoms with Crippen molar-refractivity contribution in [1.82, 2.24) is 0 Å². The van der Waals surface area contributed by atoms with Crippen LogP contribution < -0.4 is 0 Å². The molecule has 0 bridgehead atoms. The minimum atomic E-state index is 0.753. The summed E-state index contributed by atoms with van der Waals surface area (Å²) in [5, 5.41) is 0. The third-order valence-corrected chi connectivity index (χ3v) is 2.89. The highest BCUT2D eigenvalue weighted by Crippen LogP contribution is 2.35. The van der Waals surface area contributed by atoms with Crippen molar-refractivity contribution in [2.45, 2.75) is 33.1 Å². The predicted molar refractivity (Wildman–Crippen MR) is 57.3 cm³/mol. The van der Waals surface area contributed by atoms with Gasteiger partial charge in [0.1, 0.15) is 0 Å². The topological polar surface area (TPSA) is 0 Å². The average Bonchev–Trinajstić information content (AvgIpc) is 2.69. The molecule has 1 saturated carbocycles. The van der Waals surface area contributed by atoms with Crippen LogP contribution in [-0.2, 0) is 0 Å². The lowest BCUT2D eigenvalue weighted by atomic mass is 10.1. The third kappa shape index (κ3) is 2.96. The molecule has 62 valence electrons. The standard InChI is InChI=1S/C9H14S2/c1-6(5-8-3-4-8)7(2)9(10)11/h8H,3-5H2,1-2H3,(H,10,11). The van der Waals surface area contributed by atoms with Crippen LogP contribution in [0.3, 0.4) is 0 Å². The summed E-state index contributed by atoms with van der Waals surface area (Å²) in [6, 6.07) is 0. The minimum absolute atomic E-state index is 0.753. The maximum absolute atomic E-state index is 4.97. The highest BCUT2D eigenvalue weighted by molar-refractivity contribution is 8.11. The molecule has 1 rings (SSSR count). The molecule has 1 aliphatic carbocycles. The second-order valence-electron chi connectivity index (χ2n) is 3.36. The lowest BCUT2D eigenvalue weighted by Gasteiger charge is -2.03. The van der Waals surface area contributed by atoms with Crippen LogP contribution in [0, 0.1) is 5.92 Å². The van der Waals surface area contributed by atoms with Crippen molar-refractivity contribution >= 4 is 29.0 Å². The van der Waals surface area contributed by atoms with Gasteiger partial charge in [-0.25, -0.2) is 0 Å². The molecule has 0 unspecified atom stereocenters. The summed E-state index contributed by atoms with van der Waals surface area (Å²) < 4.78 is 0.753. The predicted octanol–water partition coefficient (Wildman–Crippen LogP) is 3.38. The first-order valence-electron chi connectivity index (χ1n) is 4.01. The zero-order chi connectivity index (χ0) is 8.43. The molecule has 0 spiro atoms. The Hall–Kier alpha value is 0.180. The summed E-state index contributed by atoms with van der Waals surface area (Å²) in [6.07, 6.45) is 4.04. The van der Waals surface area contributed by atoms with Gasteiger partial charge in [0, 0.05) is 0 Å². The SMILES string of the molecule is CC(CC1CC1)=C(C)C(=S)S. The first kappa shape index (κ1) is 9.27. The molecule has 0 aromatic carbocycles. The van der Waals surface area contributed by atoms with Crippen molar-refractivity contribution in [1.29, 1.82) is 0 Å². The summed E-state index contributed by atoms with van der Waals surface area (Å²) in [5.74, 6) is 0.952. The summed E-state index contributed by atoms with van der Waals surface area (Å²) in [5.41, 5.74) is 2.63. The molecule has 0 atom stereocenters. The molecule has 0 nitrogen and oxygen atoms in total. The van der Waals surface area contributed by atoms with Crippen LogP contribution in [0.25, 0.3) is 0 Å². The highest BCUT2D eigenvalue weighted by atomic mass is 32.1. The van der Waals surface area contributed by atoms with Crippen molar-refractivity contribution in [3.63, 3.8) is 0 Å². The number of hydrogen-bond donors (Lipinski definition) is 1. The molecule has 0 N–H and O–H groups in total. The van der Waals surface area contributed by atoms with Gasteiger partial charge in [-0.3, -0.25) is 0 Å². The lowest BCUT2D eigenvalue weighted by Crippen LogP contribution is -1.91. The smallest absolute Gasteiger partial charge is 0.0703 e. The van der Waals surface area contributed by atoms with E-state index < -0.39 is 0 Å². The molecule has 0 saturated heterocycles. The molecule has 0 aromatic heterocycles. The van der Waals surface area contributed by atoms with E-state index in [9.17, 15) is 0 Å². The molecule has 0 radical (unpaired) electrons. The van der Waals surface area contributed by atoms with Gasteiger partial charge in [-0.1, -0.05) is 17.8 Å². The van der Waals surface area contributed by atoms with Crippen molar-refractivity contribution in [3.05, 3.63) is 11.1 Å². The van der Waals surface area contributed by atoms with E-state index in [1.165, 1.54) is 30.4 Å². The zero-order valence-corrected chi connectivity index (χ0v) is 8.77. The van der Waals surface area contributed by atoms with Crippen molar-refractivity contribution in [2.75, 3.05) is 0 Å². The molecule has 0 aromatic rings. The Bertz CT molecular complexity index is 200. The van der Waals surface area contributed by atoms with Gasteiger partial charge in [0.05, 0.1) is 4.20 Å². The Morgan fingerprint density at radius 3 is 2.36 bits per heavy atom. The second-order valence-corrected chi connectivity index (χ2v) is 4.52. The van der Waals surface area contributed by atoms with E-state index in [1.807, 2.05) is 0 Å². The van der Waals surface area contributed by atoms with E-state index in [-0.39, 0.29) is 0 Å². The lowest BCUT2D eigenvalue weighted by molar-refractivity contribution is 0.816. The van der Waals surface area contributed by atoms with E-state index in [2.05, 4.69) is 26.5 Å². The van der Waals surface area contributed by atoms with Crippen LogP contribution in [0.15, 0.2) is 11.1 Å². The number of thiocarbonyl (C=S) groups is 1. The van der Waals surface area contributed by atoms with Gasteiger partial charge < -0.3 is 0 Å². The summed E-state index contributed by atoms with van der Waals surface area (Å²) in [4.78, 5) is 0. The van der Waals surface area contributed by atoms with Gasteiger partial charge in [0.2, 0.25) is 0 Å². The van der Waals surface area contributed by atoms with Gasteiger partial charge in [-0.15, -0.1) is 12.6 Å². The fourth-order valence-corrected chi connectivity index (χ4v) is 1.46. The minimum Gasteiger partial charge on any atom is -0.132 e. The Morgan fingerprint density at radius 1 is 1.45 bits per heavy atom. The van der Waals surface area contributed by atoms with E-state index in [4.69, 9.17) is 12.2 Å². The molecule has 0 amide bonds. The summed E-state index contributed by atoms with van der Waals surface area (Å²) in [6.45, 7) is 4.23. The number of thiol groups is 1. The van der Waals surface area contributed by atoms with Crippen LogP contribution >= 0.6 is 24.8 Å². The monoisotopic (exact) mass is 186 g/mol. The first-order chi connectivity index (χ1) is 5.11. The Morgan fingerprint density at radius 2 is 2.00 bits per heavy atom. The molecule has 2 heteroatoms. The maximum Gasteiger partial charge on any atom is 0.0703 e. The van der Waals surface area contributed by atoms with Gasteiger partial charge in [-0.2, -0.15) is 0 Å². The van der Waals surface area contributed by atoms with Crippen molar-refractivity contribution in [2.24, 2.45) is 5.92 Å². The van der Waals surface area contributed by atoms with Crippen LogP contribution in [0.4, 0.5) is 0 Å². The van der Waals surface area contributed by atoms with E-state index in [0.29, 0.717) is 0 Å². The highest BCUT2D eigenvalue weighted by Gasteiger charge is 2.21. The van der Waals surface area contributed by atoms with Crippen molar-refractivity contribution < 1.29 is 0 Å². The van der Waals surface area contributed by atoms with Crippen LogP contribution in [-0.4, -0.2) is 4.20 Å². The van der Waals surface area contributed by atoms with Crippen molar-refractivity contribution in [3.8, 4) is 0 Å². The molecule has 1 aliphatic rings. The van der Waals surface area contributed by atoms with Gasteiger partial charge in [0.15, 0.2) is 0 Å². The molecule has 0 heterocycles. The average molecular weight is 186 g/mol. The van der Waals surface area contributed by atoms with Crippen LogP contribution in [0.5, 0.6) is 0 Å². The first-order valence-corrected chi connectivity index (χ1v) is 4.86. The van der Waals surface area contributed by atoms with E-state index in [0.717, 1.165) is 10.1 Å². The number of hydrogen-bond acceptors (Lipinski definition) is 1. The Labute approximate surface area is 79.5 Å². The quantitative estimate of drug-likeness (QED) is 0.400. The maximum atomic E-state index is 4.97. The number of allylic oxidation sites excluding steroid dienone is 1. The largest absolute Gasteiger partial charge is 0.132 e. The second kappa shape index (κ2) is 3.72. The zero-order valence-electron chi connectivity index (χ0n) is 7.05. The van der Waals surface area contributed by atoms with E-state index >= 15 is 0 Å². The molecule has 11 heavy (non-hydrogen) atoms. The number of rotatable bonds is 3. The fourth-order valence-electron chi connectivity index (χ4n) is 1.09. The summed E-state index contributed by atoms with van der Waals surface area (Å²) >= 11 is 9.12. The third-order valence-electron chi connectivity index (χ3n) is 2.25. The van der Waals surface area contributed by atoms with Gasteiger partial charge in [0.25, 0.3) is 0 Å². The molecular formula is C9H14S2. The van der Waals surface area contributed by atoms with Crippen LogP contribution in [0.2, 0.25) is 0 Å². The summed E-state index contributed by atoms with van der Waals surface area (Å²) in [7, 11) is 0. The van der Waals surface area contributed by atoms with Gasteiger partial charge in [-0.05, 0) is 44.6 Å². The normalized spacial score (nSPS) is 19.5. The van der Waals surface area contributed by atoms with E-state index in [1.54, 1.807) is 0 Å².